The quantitative estimate of drug-likeness (QED) is 0.821. The minimum Gasteiger partial charge on any atom is -0.332 e. The van der Waals surface area contributed by atoms with Crippen molar-refractivity contribution in [1.29, 1.82) is 0 Å². The van der Waals surface area contributed by atoms with Crippen molar-refractivity contribution >= 4 is 10.0 Å². The molecule has 0 saturated carbocycles. The van der Waals surface area contributed by atoms with Crippen LogP contribution in [0, 0.1) is 5.92 Å². The third-order valence-electron chi connectivity index (χ3n) is 3.77. The molecule has 1 aromatic rings. The van der Waals surface area contributed by atoms with E-state index in [4.69, 9.17) is 0 Å². The molecule has 114 valence electrons. The standard InChI is InChI=1S/C13H24N4O2S/c1-3-12-15-9-13(16-12)20(18,19)17(4-2)10-11-6-5-7-14-8-11/h9,11,14H,3-8,10H2,1-2H3,(H,15,16). The number of imidazole rings is 1. The molecule has 2 heterocycles. The lowest BCUT2D eigenvalue weighted by molar-refractivity contribution is 0.297. The van der Waals surface area contributed by atoms with Crippen molar-refractivity contribution in [2.45, 2.75) is 38.1 Å². The Morgan fingerprint density at radius 1 is 1.45 bits per heavy atom. The van der Waals surface area contributed by atoms with Crippen LogP contribution in [0.25, 0.3) is 0 Å². The summed E-state index contributed by atoms with van der Waals surface area (Å²) in [5.74, 6) is 1.10. The van der Waals surface area contributed by atoms with Crippen LogP contribution in [0.15, 0.2) is 11.2 Å². The highest BCUT2D eigenvalue weighted by Gasteiger charge is 2.28. The number of aromatic nitrogens is 2. The zero-order valence-corrected chi connectivity index (χ0v) is 13.0. The Balaban J connectivity index is 2.11. The zero-order valence-electron chi connectivity index (χ0n) is 12.2. The van der Waals surface area contributed by atoms with E-state index in [0.717, 1.165) is 25.9 Å². The number of piperidine rings is 1. The summed E-state index contributed by atoms with van der Waals surface area (Å²) in [6.07, 6.45) is 4.33. The zero-order chi connectivity index (χ0) is 14.6. The number of rotatable bonds is 6. The van der Waals surface area contributed by atoms with Gasteiger partial charge in [-0.2, -0.15) is 4.31 Å². The molecule has 0 spiro atoms. The van der Waals surface area contributed by atoms with Gasteiger partial charge in [0.25, 0.3) is 10.0 Å². The molecule has 1 unspecified atom stereocenters. The highest BCUT2D eigenvalue weighted by atomic mass is 32.2. The van der Waals surface area contributed by atoms with E-state index in [1.54, 1.807) is 4.31 Å². The van der Waals surface area contributed by atoms with Gasteiger partial charge in [0, 0.05) is 19.5 Å². The summed E-state index contributed by atoms with van der Waals surface area (Å²) < 4.78 is 26.8. The van der Waals surface area contributed by atoms with Gasteiger partial charge in [0.2, 0.25) is 0 Å². The van der Waals surface area contributed by atoms with Crippen LogP contribution in [0.5, 0.6) is 0 Å². The van der Waals surface area contributed by atoms with Crippen LogP contribution in [0.4, 0.5) is 0 Å². The molecule has 0 aromatic carbocycles. The summed E-state index contributed by atoms with van der Waals surface area (Å²) in [7, 11) is -3.45. The fourth-order valence-electron chi connectivity index (χ4n) is 2.56. The Morgan fingerprint density at radius 3 is 2.80 bits per heavy atom. The van der Waals surface area contributed by atoms with Gasteiger partial charge < -0.3 is 10.3 Å². The molecule has 1 saturated heterocycles. The maximum absolute atomic E-state index is 12.6. The van der Waals surface area contributed by atoms with Crippen LogP contribution in [0.1, 0.15) is 32.5 Å². The van der Waals surface area contributed by atoms with Gasteiger partial charge in [0.1, 0.15) is 5.82 Å². The molecule has 7 heteroatoms. The number of aryl methyl sites for hydroxylation is 1. The molecule has 1 aliphatic rings. The Kier molecular flexibility index (Phi) is 5.17. The van der Waals surface area contributed by atoms with Crippen LogP contribution in [-0.4, -0.2) is 48.9 Å². The molecule has 6 nitrogen and oxygen atoms in total. The molecule has 20 heavy (non-hydrogen) atoms. The Morgan fingerprint density at radius 2 is 2.25 bits per heavy atom. The molecule has 0 radical (unpaired) electrons. The van der Waals surface area contributed by atoms with E-state index in [0.29, 0.717) is 31.3 Å². The van der Waals surface area contributed by atoms with Gasteiger partial charge in [-0.05, 0) is 31.8 Å². The van der Waals surface area contributed by atoms with Gasteiger partial charge in [-0.25, -0.2) is 13.4 Å². The van der Waals surface area contributed by atoms with E-state index in [9.17, 15) is 8.42 Å². The molecular weight excluding hydrogens is 276 g/mol. The Labute approximate surface area is 121 Å². The van der Waals surface area contributed by atoms with Gasteiger partial charge >= 0.3 is 0 Å². The molecule has 0 bridgehead atoms. The van der Waals surface area contributed by atoms with E-state index in [1.165, 1.54) is 6.20 Å². The van der Waals surface area contributed by atoms with Crippen LogP contribution in [0.3, 0.4) is 0 Å². The minimum atomic E-state index is -3.45. The first-order valence-corrected chi connectivity index (χ1v) is 8.76. The third kappa shape index (κ3) is 3.39. The molecule has 1 fully saturated rings. The molecule has 0 aliphatic carbocycles. The number of sulfonamides is 1. The fourth-order valence-corrected chi connectivity index (χ4v) is 4.02. The largest absolute Gasteiger partial charge is 0.332 e. The summed E-state index contributed by atoms with van der Waals surface area (Å²) in [6.45, 7) is 6.82. The van der Waals surface area contributed by atoms with E-state index in [-0.39, 0.29) is 5.03 Å². The number of hydrogen-bond donors (Lipinski definition) is 2. The summed E-state index contributed by atoms with van der Waals surface area (Å²) in [5, 5.41) is 3.54. The first kappa shape index (κ1) is 15.5. The van der Waals surface area contributed by atoms with Crippen molar-refractivity contribution in [2.24, 2.45) is 5.92 Å². The SMILES string of the molecule is CCc1ncc(S(=O)(=O)N(CC)CC2CCCNC2)[nH]1. The van der Waals surface area contributed by atoms with Gasteiger partial charge in [-0.15, -0.1) is 0 Å². The lowest BCUT2D eigenvalue weighted by atomic mass is 10.00. The number of nitrogens with zero attached hydrogens (tertiary/aromatic N) is 2. The van der Waals surface area contributed by atoms with E-state index in [1.807, 2.05) is 13.8 Å². The van der Waals surface area contributed by atoms with Crippen molar-refractivity contribution in [3.05, 3.63) is 12.0 Å². The second kappa shape index (κ2) is 6.69. The average molecular weight is 300 g/mol. The summed E-state index contributed by atoms with van der Waals surface area (Å²) in [5.41, 5.74) is 0. The monoisotopic (exact) mass is 300 g/mol. The smallest absolute Gasteiger partial charge is 0.260 e. The van der Waals surface area contributed by atoms with Crippen molar-refractivity contribution in [3.63, 3.8) is 0 Å². The Bertz CT molecular complexity index is 520. The van der Waals surface area contributed by atoms with Crippen LogP contribution >= 0.6 is 0 Å². The van der Waals surface area contributed by atoms with E-state index >= 15 is 0 Å². The lowest BCUT2D eigenvalue weighted by Crippen LogP contribution is -2.41. The fraction of sp³-hybridized carbons (Fsp3) is 0.769. The highest BCUT2D eigenvalue weighted by molar-refractivity contribution is 7.89. The van der Waals surface area contributed by atoms with Crippen LogP contribution < -0.4 is 5.32 Å². The Hall–Kier alpha value is -0.920. The van der Waals surface area contributed by atoms with E-state index in [2.05, 4.69) is 15.3 Å². The number of aromatic amines is 1. The topological polar surface area (TPSA) is 78.1 Å². The highest BCUT2D eigenvalue weighted by Crippen LogP contribution is 2.18. The van der Waals surface area contributed by atoms with Gasteiger partial charge in [0.05, 0.1) is 6.20 Å². The van der Waals surface area contributed by atoms with Crippen molar-refractivity contribution in [1.82, 2.24) is 19.6 Å². The summed E-state index contributed by atoms with van der Waals surface area (Å²) in [4.78, 5) is 6.99. The maximum Gasteiger partial charge on any atom is 0.260 e. The molecular formula is C13H24N4O2S. The van der Waals surface area contributed by atoms with Gasteiger partial charge in [0.15, 0.2) is 5.03 Å². The van der Waals surface area contributed by atoms with Crippen LogP contribution in [0.2, 0.25) is 0 Å². The molecule has 1 atom stereocenters. The number of H-pyrrole nitrogens is 1. The van der Waals surface area contributed by atoms with Gasteiger partial charge in [-0.1, -0.05) is 13.8 Å². The molecule has 2 N–H and O–H groups in total. The molecule has 1 aliphatic heterocycles. The van der Waals surface area contributed by atoms with Crippen molar-refractivity contribution in [2.75, 3.05) is 26.2 Å². The average Bonchev–Trinajstić information content (AvgIpc) is 2.95. The predicted octanol–water partition coefficient (Wildman–Crippen LogP) is 0.982. The van der Waals surface area contributed by atoms with E-state index < -0.39 is 10.0 Å². The molecule has 1 aromatic heterocycles. The molecule has 0 amide bonds. The molecule has 2 rings (SSSR count). The second-order valence-corrected chi connectivity index (χ2v) is 7.12. The van der Waals surface area contributed by atoms with Gasteiger partial charge in [-0.3, -0.25) is 0 Å². The normalized spacial score (nSPS) is 20.4. The maximum atomic E-state index is 12.6. The first-order valence-electron chi connectivity index (χ1n) is 7.32. The predicted molar refractivity (Wildman–Crippen MR) is 78.0 cm³/mol. The third-order valence-corrected chi connectivity index (χ3v) is 5.62. The first-order chi connectivity index (χ1) is 9.57. The second-order valence-electron chi connectivity index (χ2n) is 5.22. The summed E-state index contributed by atoms with van der Waals surface area (Å²) in [6, 6.07) is 0. The number of nitrogens with one attached hydrogen (secondary N) is 2. The van der Waals surface area contributed by atoms with Crippen molar-refractivity contribution in [3.8, 4) is 0 Å². The lowest BCUT2D eigenvalue weighted by Gasteiger charge is -2.28. The number of hydrogen-bond acceptors (Lipinski definition) is 4. The summed E-state index contributed by atoms with van der Waals surface area (Å²) >= 11 is 0. The minimum absolute atomic E-state index is 0.208. The van der Waals surface area contributed by atoms with Crippen molar-refractivity contribution < 1.29 is 8.42 Å². The van der Waals surface area contributed by atoms with Crippen LogP contribution in [-0.2, 0) is 16.4 Å².